The van der Waals surface area contributed by atoms with Crippen LogP contribution in [-0.2, 0) is 39.9 Å². The number of hydrogen-bond acceptors (Lipinski definition) is 8. The summed E-state index contributed by atoms with van der Waals surface area (Å²) < 4.78 is 56.4. The van der Waals surface area contributed by atoms with Gasteiger partial charge < -0.3 is 10.4 Å². The fourth-order valence-electron chi connectivity index (χ4n) is 2.75. The zero-order valence-electron chi connectivity index (χ0n) is 14.7. The number of rotatable bonds is 8. The number of hydrogen-bond donors (Lipinski definition) is 2. The molecule has 9 nitrogen and oxygen atoms in total. The molecule has 0 aliphatic heterocycles. The van der Waals surface area contributed by atoms with E-state index in [1.165, 1.54) is 6.08 Å². The lowest BCUT2D eigenvalue weighted by atomic mass is 9.90. The van der Waals surface area contributed by atoms with Gasteiger partial charge in [-0.3, -0.25) is 8.37 Å². The SMILES string of the molecule is CS(=O)(=O)OC1CC(C(=O)O)=CC(NCc2ccccc2)C1OS(C)(=O)=O. The molecule has 0 fully saturated rings. The minimum atomic E-state index is -3.97. The highest BCUT2D eigenvalue weighted by Gasteiger charge is 2.40. The zero-order chi connectivity index (χ0) is 20.2. The Labute approximate surface area is 158 Å². The van der Waals surface area contributed by atoms with E-state index in [9.17, 15) is 26.7 Å². The maximum atomic E-state index is 11.7. The Morgan fingerprint density at radius 2 is 1.70 bits per heavy atom. The minimum absolute atomic E-state index is 0.0948. The van der Waals surface area contributed by atoms with E-state index in [4.69, 9.17) is 8.37 Å². The van der Waals surface area contributed by atoms with E-state index >= 15 is 0 Å². The van der Waals surface area contributed by atoms with Crippen molar-refractivity contribution in [3.63, 3.8) is 0 Å². The first-order chi connectivity index (χ1) is 12.4. The first-order valence-electron chi connectivity index (χ1n) is 7.92. The molecule has 0 saturated heterocycles. The Morgan fingerprint density at radius 3 is 2.22 bits per heavy atom. The summed E-state index contributed by atoms with van der Waals surface area (Å²) in [5, 5.41) is 12.3. The van der Waals surface area contributed by atoms with Crippen LogP contribution < -0.4 is 5.32 Å². The van der Waals surface area contributed by atoms with Crippen LogP contribution in [0.3, 0.4) is 0 Å². The van der Waals surface area contributed by atoms with Gasteiger partial charge in [-0.05, 0) is 5.56 Å². The van der Waals surface area contributed by atoms with E-state index in [0.29, 0.717) is 0 Å². The van der Waals surface area contributed by atoms with Crippen molar-refractivity contribution in [2.75, 3.05) is 12.5 Å². The average Bonchev–Trinajstić information content (AvgIpc) is 2.53. The van der Waals surface area contributed by atoms with E-state index in [0.717, 1.165) is 18.1 Å². The zero-order valence-corrected chi connectivity index (χ0v) is 16.4. The van der Waals surface area contributed by atoms with E-state index in [2.05, 4.69) is 5.32 Å². The molecule has 0 amide bonds. The molecule has 0 bridgehead atoms. The van der Waals surface area contributed by atoms with Gasteiger partial charge >= 0.3 is 5.97 Å². The number of carboxylic acids is 1. The molecule has 0 spiro atoms. The third kappa shape index (κ3) is 7.03. The van der Waals surface area contributed by atoms with Crippen LogP contribution in [0.25, 0.3) is 0 Å². The molecule has 3 unspecified atom stereocenters. The van der Waals surface area contributed by atoms with Crippen LogP contribution in [0.2, 0.25) is 0 Å². The Balaban J connectivity index is 2.35. The highest BCUT2D eigenvalue weighted by atomic mass is 32.2. The fraction of sp³-hybridized carbons (Fsp3) is 0.438. The molecular formula is C16H21NO8S2. The van der Waals surface area contributed by atoms with Gasteiger partial charge in [0.2, 0.25) is 0 Å². The van der Waals surface area contributed by atoms with Gasteiger partial charge in [-0.15, -0.1) is 0 Å². The molecular weight excluding hydrogens is 398 g/mol. The second kappa shape index (κ2) is 8.48. The van der Waals surface area contributed by atoms with Crippen LogP contribution in [0.5, 0.6) is 0 Å². The highest BCUT2D eigenvalue weighted by Crippen LogP contribution is 2.27. The van der Waals surface area contributed by atoms with Gasteiger partial charge in [-0.2, -0.15) is 16.8 Å². The van der Waals surface area contributed by atoms with Crippen molar-refractivity contribution in [1.29, 1.82) is 0 Å². The monoisotopic (exact) mass is 419 g/mol. The Morgan fingerprint density at radius 1 is 1.11 bits per heavy atom. The first kappa shape index (κ1) is 21.5. The predicted octanol–water partition coefficient (Wildman–Crippen LogP) is 0.249. The molecule has 0 aromatic heterocycles. The standard InChI is InChI=1S/C16H21NO8S2/c1-26(20,21)24-14-9-12(16(18)19)8-13(15(14)25-27(2,22)23)17-10-11-6-4-3-5-7-11/h3-8,13-15,17H,9-10H2,1-2H3,(H,18,19). The van der Waals surface area contributed by atoms with Crippen molar-refractivity contribution in [2.24, 2.45) is 0 Å². The lowest BCUT2D eigenvalue weighted by molar-refractivity contribution is -0.133. The molecule has 0 saturated carbocycles. The number of carboxylic acid groups (broad SMARTS) is 1. The summed E-state index contributed by atoms with van der Waals surface area (Å²) in [5.74, 6) is -1.25. The van der Waals surface area contributed by atoms with Gasteiger partial charge in [0.15, 0.2) is 0 Å². The van der Waals surface area contributed by atoms with Crippen molar-refractivity contribution in [3.8, 4) is 0 Å². The van der Waals surface area contributed by atoms with Crippen LogP contribution in [0.4, 0.5) is 0 Å². The maximum Gasteiger partial charge on any atom is 0.331 e. The third-order valence-electron chi connectivity index (χ3n) is 3.77. The molecule has 1 aromatic carbocycles. The molecule has 0 heterocycles. The molecule has 3 atom stereocenters. The summed E-state index contributed by atoms with van der Waals surface area (Å²) in [7, 11) is -7.93. The van der Waals surface area contributed by atoms with Crippen molar-refractivity contribution in [2.45, 2.75) is 31.2 Å². The smallest absolute Gasteiger partial charge is 0.331 e. The number of aliphatic carboxylic acids is 1. The molecule has 0 radical (unpaired) electrons. The van der Waals surface area contributed by atoms with E-state index in [1.54, 1.807) is 0 Å². The van der Waals surface area contributed by atoms with Gasteiger partial charge in [-0.1, -0.05) is 36.4 Å². The lowest BCUT2D eigenvalue weighted by Gasteiger charge is -2.35. The molecule has 27 heavy (non-hydrogen) atoms. The summed E-state index contributed by atoms with van der Waals surface area (Å²) in [5.41, 5.74) is 0.773. The van der Waals surface area contributed by atoms with Gasteiger partial charge in [-0.25, -0.2) is 4.79 Å². The van der Waals surface area contributed by atoms with Crippen LogP contribution >= 0.6 is 0 Å². The van der Waals surface area contributed by atoms with Crippen LogP contribution in [0, 0.1) is 0 Å². The normalized spacial score (nSPS) is 23.6. The lowest BCUT2D eigenvalue weighted by Crippen LogP contribution is -2.51. The quantitative estimate of drug-likeness (QED) is 0.568. The van der Waals surface area contributed by atoms with Crippen LogP contribution in [0.1, 0.15) is 12.0 Å². The molecule has 2 rings (SSSR count). The van der Waals surface area contributed by atoms with E-state index < -0.39 is 44.5 Å². The minimum Gasteiger partial charge on any atom is -0.478 e. The number of benzene rings is 1. The van der Waals surface area contributed by atoms with Crippen molar-refractivity contribution in [1.82, 2.24) is 5.32 Å². The Hall–Kier alpha value is -1.79. The molecule has 11 heteroatoms. The first-order valence-corrected chi connectivity index (χ1v) is 11.6. The summed E-state index contributed by atoms with van der Waals surface area (Å²) in [4.78, 5) is 11.4. The second-order valence-electron chi connectivity index (χ2n) is 6.20. The van der Waals surface area contributed by atoms with Crippen molar-refractivity contribution in [3.05, 3.63) is 47.5 Å². The van der Waals surface area contributed by atoms with Crippen molar-refractivity contribution < 1.29 is 35.1 Å². The van der Waals surface area contributed by atoms with Gasteiger partial charge in [0.25, 0.3) is 20.2 Å². The van der Waals surface area contributed by atoms with E-state index in [-0.39, 0.29) is 18.5 Å². The molecule has 1 aliphatic rings. The fourth-order valence-corrected chi connectivity index (χ4v) is 4.02. The predicted molar refractivity (Wildman–Crippen MR) is 96.8 cm³/mol. The Bertz CT molecular complexity index is 909. The largest absolute Gasteiger partial charge is 0.478 e. The molecule has 1 aromatic rings. The molecule has 1 aliphatic carbocycles. The average molecular weight is 419 g/mol. The third-order valence-corrected chi connectivity index (χ3v) is 4.93. The Kier molecular flexibility index (Phi) is 6.76. The second-order valence-corrected chi connectivity index (χ2v) is 9.40. The summed E-state index contributed by atoms with van der Waals surface area (Å²) in [6, 6.07) is 8.22. The number of nitrogens with one attached hydrogen (secondary N) is 1. The van der Waals surface area contributed by atoms with Crippen molar-refractivity contribution >= 4 is 26.2 Å². The summed E-state index contributed by atoms with van der Waals surface area (Å²) in [6.07, 6.45) is 0.0841. The van der Waals surface area contributed by atoms with Gasteiger partial charge in [0.1, 0.15) is 12.2 Å². The van der Waals surface area contributed by atoms with Crippen LogP contribution in [-0.4, -0.2) is 58.7 Å². The van der Waals surface area contributed by atoms with Gasteiger partial charge in [0, 0.05) is 18.5 Å². The van der Waals surface area contributed by atoms with Crippen LogP contribution in [0.15, 0.2) is 42.0 Å². The molecule has 150 valence electrons. The summed E-state index contributed by atoms with van der Waals surface area (Å²) >= 11 is 0. The molecule has 2 N–H and O–H groups in total. The maximum absolute atomic E-state index is 11.7. The number of carbonyl (C=O) groups is 1. The highest BCUT2D eigenvalue weighted by molar-refractivity contribution is 7.86. The van der Waals surface area contributed by atoms with Gasteiger partial charge in [0.05, 0.1) is 18.6 Å². The summed E-state index contributed by atoms with van der Waals surface area (Å²) in [6.45, 7) is 0.282. The van der Waals surface area contributed by atoms with E-state index in [1.807, 2.05) is 30.3 Å². The topological polar surface area (TPSA) is 136 Å².